The molecule has 4 heteroatoms. The van der Waals surface area contributed by atoms with E-state index < -0.39 is 0 Å². The highest BCUT2D eigenvalue weighted by Crippen LogP contribution is 2.30. The molecule has 0 saturated carbocycles. The SMILES string of the molecule is CN(CCN)C[C@H]1COc2ccccc2O1. The molecular weight excluding hydrogens is 204 g/mol. The van der Waals surface area contributed by atoms with Crippen LogP contribution in [0, 0.1) is 0 Å². The zero-order valence-corrected chi connectivity index (χ0v) is 9.56. The number of nitrogens with two attached hydrogens (primary N) is 1. The second kappa shape index (κ2) is 5.18. The summed E-state index contributed by atoms with van der Waals surface area (Å²) in [5, 5.41) is 0. The van der Waals surface area contributed by atoms with Crippen LogP contribution in [0.15, 0.2) is 24.3 Å². The van der Waals surface area contributed by atoms with Gasteiger partial charge in [0.15, 0.2) is 11.5 Å². The quantitative estimate of drug-likeness (QED) is 0.815. The van der Waals surface area contributed by atoms with Crippen molar-refractivity contribution in [2.24, 2.45) is 5.73 Å². The van der Waals surface area contributed by atoms with Crippen molar-refractivity contribution in [2.45, 2.75) is 6.10 Å². The maximum Gasteiger partial charge on any atom is 0.161 e. The highest BCUT2D eigenvalue weighted by Gasteiger charge is 2.21. The van der Waals surface area contributed by atoms with Crippen LogP contribution in [0.3, 0.4) is 0 Å². The van der Waals surface area contributed by atoms with Crippen LogP contribution in [0.4, 0.5) is 0 Å². The molecule has 4 nitrogen and oxygen atoms in total. The number of hydrogen-bond acceptors (Lipinski definition) is 4. The van der Waals surface area contributed by atoms with Gasteiger partial charge in [0.05, 0.1) is 0 Å². The predicted molar refractivity (Wildman–Crippen MR) is 62.9 cm³/mol. The fraction of sp³-hybridized carbons (Fsp3) is 0.500. The van der Waals surface area contributed by atoms with Gasteiger partial charge in [0.2, 0.25) is 0 Å². The summed E-state index contributed by atoms with van der Waals surface area (Å²) < 4.78 is 11.5. The third-order valence-electron chi connectivity index (χ3n) is 2.59. The van der Waals surface area contributed by atoms with Gasteiger partial charge in [-0.2, -0.15) is 0 Å². The lowest BCUT2D eigenvalue weighted by Gasteiger charge is -2.29. The van der Waals surface area contributed by atoms with E-state index in [4.69, 9.17) is 15.2 Å². The highest BCUT2D eigenvalue weighted by molar-refractivity contribution is 5.40. The first kappa shape index (κ1) is 11.2. The second-order valence-electron chi connectivity index (χ2n) is 4.05. The number of fused-ring (bicyclic) bond motifs is 1. The Morgan fingerprint density at radius 1 is 1.38 bits per heavy atom. The van der Waals surface area contributed by atoms with Crippen molar-refractivity contribution >= 4 is 0 Å². The van der Waals surface area contributed by atoms with E-state index in [2.05, 4.69) is 4.90 Å². The molecule has 0 amide bonds. The molecule has 2 N–H and O–H groups in total. The number of likely N-dealkylation sites (N-methyl/N-ethyl adjacent to an activating group) is 1. The molecule has 88 valence electrons. The van der Waals surface area contributed by atoms with E-state index in [1.807, 2.05) is 31.3 Å². The number of ether oxygens (including phenoxy) is 2. The van der Waals surface area contributed by atoms with Gasteiger partial charge in [-0.25, -0.2) is 0 Å². The number of nitrogens with zero attached hydrogens (tertiary/aromatic N) is 1. The van der Waals surface area contributed by atoms with Gasteiger partial charge in [0, 0.05) is 19.6 Å². The van der Waals surface area contributed by atoms with E-state index in [9.17, 15) is 0 Å². The van der Waals surface area contributed by atoms with Gasteiger partial charge in [-0.1, -0.05) is 12.1 Å². The Morgan fingerprint density at radius 2 is 2.12 bits per heavy atom. The molecule has 1 aromatic rings. The number of hydrogen-bond donors (Lipinski definition) is 1. The lowest BCUT2D eigenvalue weighted by molar-refractivity contribution is 0.0662. The van der Waals surface area contributed by atoms with Crippen LogP contribution in [0.1, 0.15) is 0 Å². The summed E-state index contributed by atoms with van der Waals surface area (Å²) >= 11 is 0. The van der Waals surface area contributed by atoms with Crippen LogP contribution in [0.5, 0.6) is 11.5 Å². The van der Waals surface area contributed by atoms with E-state index in [0.29, 0.717) is 13.2 Å². The molecule has 0 bridgehead atoms. The molecule has 1 atom stereocenters. The molecule has 16 heavy (non-hydrogen) atoms. The van der Waals surface area contributed by atoms with E-state index in [1.165, 1.54) is 0 Å². The molecule has 0 fully saturated rings. The van der Waals surface area contributed by atoms with E-state index in [0.717, 1.165) is 24.6 Å². The van der Waals surface area contributed by atoms with Crippen molar-refractivity contribution in [1.29, 1.82) is 0 Å². The minimum Gasteiger partial charge on any atom is -0.486 e. The summed E-state index contributed by atoms with van der Waals surface area (Å²) in [5.41, 5.74) is 5.50. The van der Waals surface area contributed by atoms with Crippen molar-refractivity contribution in [2.75, 3.05) is 33.3 Å². The zero-order chi connectivity index (χ0) is 11.4. The Morgan fingerprint density at radius 3 is 2.88 bits per heavy atom. The molecule has 1 aromatic carbocycles. The Hall–Kier alpha value is -1.26. The van der Waals surface area contributed by atoms with Gasteiger partial charge in [-0.3, -0.25) is 0 Å². The van der Waals surface area contributed by atoms with Crippen LogP contribution in [0.2, 0.25) is 0 Å². The topological polar surface area (TPSA) is 47.7 Å². The standard InChI is InChI=1S/C12H18N2O2/c1-14(7-6-13)8-10-9-15-11-4-2-3-5-12(11)16-10/h2-5,10H,6-9,13H2,1H3/t10-/m0/s1. The monoisotopic (exact) mass is 222 g/mol. The molecule has 0 saturated heterocycles. The first-order valence-corrected chi connectivity index (χ1v) is 5.56. The molecule has 0 aliphatic carbocycles. The van der Waals surface area contributed by atoms with Gasteiger partial charge >= 0.3 is 0 Å². The fourth-order valence-corrected chi connectivity index (χ4v) is 1.81. The van der Waals surface area contributed by atoms with Crippen LogP contribution >= 0.6 is 0 Å². The minimum absolute atomic E-state index is 0.0893. The molecule has 1 aliphatic heterocycles. The van der Waals surface area contributed by atoms with Crippen molar-refractivity contribution < 1.29 is 9.47 Å². The highest BCUT2D eigenvalue weighted by atomic mass is 16.6. The molecule has 2 rings (SSSR count). The predicted octanol–water partition coefficient (Wildman–Crippen LogP) is 0.717. The normalized spacial score (nSPS) is 18.8. The van der Waals surface area contributed by atoms with Crippen molar-refractivity contribution in [1.82, 2.24) is 4.90 Å². The van der Waals surface area contributed by atoms with E-state index in [1.54, 1.807) is 0 Å². The average Bonchev–Trinajstić information content (AvgIpc) is 2.29. The zero-order valence-electron chi connectivity index (χ0n) is 9.56. The lowest BCUT2D eigenvalue weighted by Crippen LogP contribution is -2.40. The summed E-state index contributed by atoms with van der Waals surface area (Å²) in [6, 6.07) is 7.76. The van der Waals surface area contributed by atoms with Gasteiger partial charge in [0.25, 0.3) is 0 Å². The van der Waals surface area contributed by atoms with Crippen molar-refractivity contribution in [3.8, 4) is 11.5 Å². The van der Waals surface area contributed by atoms with Gasteiger partial charge in [-0.15, -0.1) is 0 Å². The number of para-hydroxylation sites is 2. The molecule has 0 aromatic heterocycles. The fourth-order valence-electron chi connectivity index (χ4n) is 1.81. The molecular formula is C12H18N2O2. The Kier molecular flexibility index (Phi) is 3.64. The Bertz CT molecular complexity index is 344. The van der Waals surface area contributed by atoms with Gasteiger partial charge in [0.1, 0.15) is 12.7 Å². The van der Waals surface area contributed by atoms with Gasteiger partial charge in [-0.05, 0) is 19.2 Å². The Labute approximate surface area is 95.9 Å². The summed E-state index contributed by atoms with van der Waals surface area (Å²) in [6.07, 6.45) is 0.0893. The second-order valence-corrected chi connectivity index (χ2v) is 4.05. The van der Waals surface area contributed by atoms with Crippen LogP contribution in [-0.2, 0) is 0 Å². The summed E-state index contributed by atoms with van der Waals surface area (Å²) in [7, 11) is 2.04. The summed E-state index contributed by atoms with van der Waals surface area (Å²) in [6.45, 7) is 2.99. The largest absolute Gasteiger partial charge is 0.486 e. The maximum atomic E-state index is 5.84. The smallest absolute Gasteiger partial charge is 0.161 e. The first-order valence-electron chi connectivity index (χ1n) is 5.56. The maximum absolute atomic E-state index is 5.84. The lowest BCUT2D eigenvalue weighted by atomic mass is 10.2. The van der Waals surface area contributed by atoms with E-state index >= 15 is 0 Å². The van der Waals surface area contributed by atoms with Gasteiger partial charge < -0.3 is 20.1 Å². The van der Waals surface area contributed by atoms with Crippen molar-refractivity contribution in [3.05, 3.63) is 24.3 Å². The summed E-state index contributed by atoms with van der Waals surface area (Å²) in [4.78, 5) is 2.15. The van der Waals surface area contributed by atoms with Crippen molar-refractivity contribution in [3.63, 3.8) is 0 Å². The molecule has 0 radical (unpaired) electrons. The van der Waals surface area contributed by atoms with Crippen LogP contribution in [0.25, 0.3) is 0 Å². The minimum atomic E-state index is 0.0893. The van der Waals surface area contributed by atoms with Crippen LogP contribution in [-0.4, -0.2) is 44.3 Å². The Balaban J connectivity index is 1.92. The third kappa shape index (κ3) is 2.65. The average molecular weight is 222 g/mol. The molecule has 1 heterocycles. The van der Waals surface area contributed by atoms with Crippen LogP contribution < -0.4 is 15.2 Å². The molecule has 1 aliphatic rings. The number of benzene rings is 1. The number of rotatable bonds is 4. The summed E-state index contributed by atoms with van der Waals surface area (Å²) in [5.74, 6) is 1.67. The molecule has 0 unspecified atom stereocenters. The molecule has 0 spiro atoms. The first-order chi connectivity index (χ1) is 7.79. The third-order valence-corrected chi connectivity index (χ3v) is 2.59. The van der Waals surface area contributed by atoms with E-state index in [-0.39, 0.29) is 6.10 Å².